The van der Waals surface area contributed by atoms with Crippen molar-refractivity contribution in [1.29, 1.82) is 0 Å². The Morgan fingerprint density at radius 1 is 1.32 bits per heavy atom. The number of carbonyl (C=O) groups is 1. The molecule has 1 amide bonds. The number of aryl methyl sites for hydroxylation is 1. The zero-order chi connectivity index (χ0) is 15.5. The third-order valence-electron chi connectivity index (χ3n) is 4.11. The van der Waals surface area contributed by atoms with Crippen molar-refractivity contribution in [2.75, 3.05) is 6.54 Å². The molecule has 0 spiro atoms. The molecule has 22 heavy (non-hydrogen) atoms. The molecule has 3 rings (SSSR count). The fourth-order valence-electron chi connectivity index (χ4n) is 2.99. The zero-order valence-corrected chi connectivity index (χ0v) is 12.6. The van der Waals surface area contributed by atoms with Crippen LogP contribution in [0.1, 0.15) is 53.5 Å². The van der Waals surface area contributed by atoms with Crippen LogP contribution in [-0.2, 0) is 0 Å². The molecule has 1 aromatic carbocycles. The van der Waals surface area contributed by atoms with E-state index in [2.05, 4.69) is 5.16 Å². The molecule has 1 aliphatic heterocycles. The molecule has 2 heterocycles. The molecule has 1 aromatic heterocycles. The smallest absolute Gasteiger partial charge is 0.257 e. The SMILES string of the molecule is Cc1cc([C@H]2CCCCCN2C(=O)c2ccccc2F)no1. The van der Waals surface area contributed by atoms with Crippen molar-refractivity contribution in [2.24, 2.45) is 0 Å². The van der Waals surface area contributed by atoms with Crippen LogP contribution in [0.25, 0.3) is 0 Å². The molecular weight excluding hydrogens is 283 g/mol. The normalized spacial score (nSPS) is 19.0. The summed E-state index contributed by atoms with van der Waals surface area (Å²) < 4.78 is 19.1. The Bertz CT molecular complexity index is 668. The average Bonchev–Trinajstić information content (AvgIpc) is 2.80. The predicted octanol–water partition coefficient (Wildman–Crippen LogP) is 3.88. The molecule has 2 aromatic rings. The maximum Gasteiger partial charge on any atom is 0.257 e. The second-order valence-electron chi connectivity index (χ2n) is 5.71. The molecule has 0 unspecified atom stereocenters. The Kier molecular flexibility index (Phi) is 4.22. The van der Waals surface area contributed by atoms with Gasteiger partial charge in [-0.3, -0.25) is 4.79 Å². The van der Waals surface area contributed by atoms with Gasteiger partial charge in [-0.2, -0.15) is 0 Å². The minimum atomic E-state index is -0.480. The minimum absolute atomic E-state index is 0.120. The summed E-state index contributed by atoms with van der Waals surface area (Å²) in [5.41, 5.74) is 0.874. The first-order valence-electron chi connectivity index (χ1n) is 7.65. The van der Waals surface area contributed by atoms with Gasteiger partial charge in [0.05, 0.1) is 11.6 Å². The summed E-state index contributed by atoms with van der Waals surface area (Å²) in [6.45, 7) is 2.44. The van der Waals surface area contributed by atoms with Gasteiger partial charge < -0.3 is 9.42 Å². The van der Waals surface area contributed by atoms with Gasteiger partial charge in [-0.15, -0.1) is 0 Å². The van der Waals surface area contributed by atoms with E-state index in [4.69, 9.17) is 4.52 Å². The van der Waals surface area contributed by atoms with E-state index in [0.29, 0.717) is 6.54 Å². The summed E-state index contributed by atoms with van der Waals surface area (Å²) in [6, 6.07) is 7.84. The number of aromatic nitrogens is 1. The van der Waals surface area contributed by atoms with Gasteiger partial charge in [0.2, 0.25) is 0 Å². The van der Waals surface area contributed by atoms with Crippen LogP contribution >= 0.6 is 0 Å². The highest BCUT2D eigenvalue weighted by atomic mass is 19.1. The van der Waals surface area contributed by atoms with Crippen LogP contribution in [0.4, 0.5) is 4.39 Å². The molecule has 4 nitrogen and oxygen atoms in total. The van der Waals surface area contributed by atoms with Gasteiger partial charge >= 0.3 is 0 Å². The minimum Gasteiger partial charge on any atom is -0.361 e. The van der Waals surface area contributed by atoms with Crippen LogP contribution in [0, 0.1) is 12.7 Å². The predicted molar refractivity (Wildman–Crippen MR) is 79.9 cm³/mol. The van der Waals surface area contributed by atoms with E-state index in [1.165, 1.54) is 12.1 Å². The van der Waals surface area contributed by atoms with Crippen LogP contribution in [-0.4, -0.2) is 22.5 Å². The number of halogens is 1. The quantitative estimate of drug-likeness (QED) is 0.845. The Morgan fingerprint density at radius 3 is 2.86 bits per heavy atom. The third kappa shape index (κ3) is 2.89. The fraction of sp³-hybridized carbons (Fsp3) is 0.412. The lowest BCUT2D eigenvalue weighted by Crippen LogP contribution is -2.35. The standard InChI is InChI=1S/C17H19FN2O2/c1-12-11-15(19-22-12)16-9-3-2-6-10-20(16)17(21)13-7-4-5-8-14(13)18/h4-5,7-8,11,16H,2-3,6,9-10H2,1H3/t16-/m1/s1. The molecule has 5 heteroatoms. The summed E-state index contributed by atoms with van der Waals surface area (Å²) in [7, 11) is 0. The monoisotopic (exact) mass is 302 g/mol. The van der Waals surface area contributed by atoms with E-state index in [1.807, 2.05) is 13.0 Å². The van der Waals surface area contributed by atoms with Crippen LogP contribution in [0.2, 0.25) is 0 Å². The third-order valence-corrected chi connectivity index (χ3v) is 4.11. The highest BCUT2D eigenvalue weighted by Gasteiger charge is 2.30. The maximum absolute atomic E-state index is 13.9. The molecule has 0 radical (unpaired) electrons. The second-order valence-corrected chi connectivity index (χ2v) is 5.71. The first kappa shape index (κ1) is 14.8. The van der Waals surface area contributed by atoms with E-state index in [0.717, 1.165) is 37.1 Å². The Hall–Kier alpha value is -2.17. The largest absolute Gasteiger partial charge is 0.361 e. The van der Waals surface area contributed by atoms with Crippen LogP contribution in [0.15, 0.2) is 34.9 Å². The molecule has 116 valence electrons. The number of amides is 1. The molecule has 0 saturated carbocycles. The maximum atomic E-state index is 13.9. The van der Waals surface area contributed by atoms with Gasteiger partial charge in [0.1, 0.15) is 17.3 Å². The van der Waals surface area contributed by atoms with E-state index in [1.54, 1.807) is 17.0 Å². The Morgan fingerprint density at radius 2 is 2.14 bits per heavy atom. The van der Waals surface area contributed by atoms with Crippen LogP contribution in [0.5, 0.6) is 0 Å². The highest BCUT2D eigenvalue weighted by Crippen LogP contribution is 2.31. The van der Waals surface area contributed by atoms with E-state index < -0.39 is 5.82 Å². The Balaban J connectivity index is 1.94. The summed E-state index contributed by atoms with van der Waals surface area (Å²) in [5.74, 6) is -0.0324. The lowest BCUT2D eigenvalue weighted by Gasteiger charge is -2.28. The summed E-state index contributed by atoms with van der Waals surface area (Å²) in [5, 5.41) is 4.07. The van der Waals surface area contributed by atoms with Gasteiger partial charge in [0, 0.05) is 12.6 Å². The van der Waals surface area contributed by atoms with Crippen molar-refractivity contribution < 1.29 is 13.7 Å². The molecule has 0 N–H and O–H groups in total. The number of benzene rings is 1. The number of rotatable bonds is 2. The summed E-state index contributed by atoms with van der Waals surface area (Å²) in [6.07, 6.45) is 3.84. The summed E-state index contributed by atoms with van der Waals surface area (Å²) in [4.78, 5) is 14.5. The lowest BCUT2D eigenvalue weighted by molar-refractivity contribution is 0.0669. The number of carbonyl (C=O) groups excluding carboxylic acids is 1. The van der Waals surface area contributed by atoms with Gasteiger partial charge in [0.25, 0.3) is 5.91 Å². The number of hydrogen-bond donors (Lipinski definition) is 0. The second kappa shape index (κ2) is 6.30. The highest BCUT2D eigenvalue weighted by molar-refractivity contribution is 5.94. The van der Waals surface area contributed by atoms with Crippen molar-refractivity contribution in [2.45, 2.75) is 38.6 Å². The lowest BCUT2D eigenvalue weighted by atomic mass is 10.0. The Labute approximate surface area is 128 Å². The van der Waals surface area contributed by atoms with Crippen molar-refractivity contribution in [3.8, 4) is 0 Å². The van der Waals surface area contributed by atoms with E-state index in [9.17, 15) is 9.18 Å². The van der Waals surface area contributed by atoms with Gasteiger partial charge in [-0.25, -0.2) is 4.39 Å². The van der Waals surface area contributed by atoms with Crippen molar-refractivity contribution >= 4 is 5.91 Å². The van der Waals surface area contributed by atoms with Crippen molar-refractivity contribution in [3.63, 3.8) is 0 Å². The molecule has 0 bridgehead atoms. The zero-order valence-electron chi connectivity index (χ0n) is 12.6. The molecule has 1 fully saturated rings. The molecule has 1 atom stereocenters. The topological polar surface area (TPSA) is 46.3 Å². The van der Waals surface area contributed by atoms with E-state index >= 15 is 0 Å². The van der Waals surface area contributed by atoms with Gasteiger partial charge in [-0.1, -0.05) is 30.1 Å². The molecule has 0 aliphatic carbocycles. The molecule has 1 aliphatic rings. The van der Waals surface area contributed by atoms with Gasteiger partial charge in [-0.05, 0) is 31.9 Å². The molecular formula is C17H19FN2O2. The van der Waals surface area contributed by atoms with Crippen molar-refractivity contribution in [1.82, 2.24) is 10.1 Å². The fourth-order valence-corrected chi connectivity index (χ4v) is 2.99. The van der Waals surface area contributed by atoms with Crippen LogP contribution < -0.4 is 0 Å². The van der Waals surface area contributed by atoms with E-state index in [-0.39, 0.29) is 17.5 Å². The number of nitrogens with zero attached hydrogens (tertiary/aromatic N) is 2. The van der Waals surface area contributed by atoms with Crippen molar-refractivity contribution in [3.05, 3.63) is 53.2 Å². The van der Waals surface area contributed by atoms with Crippen LogP contribution in [0.3, 0.4) is 0 Å². The number of likely N-dealkylation sites (tertiary alicyclic amines) is 1. The summed E-state index contributed by atoms with van der Waals surface area (Å²) >= 11 is 0. The first-order valence-corrected chi connectivity index (χ1v) is 7.65. The molecule has 1 saturated heterocycles. The number of hydrogen-bond acceptors (Lipinski definition) is 3. The first-order chi connectivity index (χ1) is 10.7. The van der Waals surface area contributed by atoms with Gasteiger partial charge in [0.15, 0.2) is 0 Å². The average molecular weight is 302 g/mol.